The Balaban J connectivity index is 4.41. The zero-order valence-corrected chi connectivity index (χ0v) is 39.7. The Labute approximate surface area is 375 Å². The van der Waals surface area contributed by atoms with Crippen LogP contribution in [0.25, 0.3) is 0 Å². The lowest BCUT2D eigenvalue weighted by Crippen LogP contribution is -2.30. The van der Waals surface area contributed by atoms with Crippen molar-refractivity contribution in [1.29, 1.82) is 0 Å². The van der Waals surface area contributed by atoms with Crippen LogP contribution in [0.3, 0.4) is 0 Å². The molecule has 0 saturated heterocycles. The normalized spacial score (nSPS) is 12.8. The molecule has 61 heavy (non-hydrogen) atoms. The molecule has 1 atom stereocenters. The van der Waals surface area contributed by atoms with Crippen LogP contribution in [0.5, 0.6) is 0 Å². The Morgan fingerprint density at radius 2 is 0.639 bits per heavy atom. The third-order valence-electron chi connectivity index (χ3n) is 10.4. The molecule has 1 unspecified atom stereocenters. The van der Waals surface area contributed by atoms with Crippen LogP contribution >= 0.6 is 0 Å². The van der Waals surface area contributed by atoms with Crippen molar-refractivity contribution in [2.45, 2.75) is 232 Å². The molecule has 0 aliphatic carbocycles. The van der Waals surface area contributed by atoms with Gasteiger partial charge in [-0.2, -0.15) is 0 Å². The van der Waals surface area contributed by atoms with Crippen LogP contribution in [0.4, 0.5) is 0 Å². The summed E-state index contributed by atoms with van der Waals surface area (Å²) in [5.74, 6) is -0.953. The Bertz CT molecular complexity index is 1200. The summed E-state index contributed by atoms with van der Waals surface area (Å²) in [6, 6.07) is 0. The lowest BCUT2D eigenvalue weighted by Gasteiger charge is -2.18. The molecule has 0 aliphatic rings. The van der Waals surface area contributed by atoms with Crippen LogP contribution in [0.15, 0.2) is 85.1 Å². The Morgan fingerprint density at radius 3 is 1.07 bits per heavy atom. The summed E-state index contributed by atoms with van der Waals surface area (Å²) < 4.78 is 16.7. The molecule has 0 heterocycles. The number of rotatable bonds is 44. The molecule has 6 heteroatoms. The maximum atomic E-state index is 12.7. The Hall–Kier alpha value is -3.41. The number of allylic oxidation sites excluding steroid dienone is 14. The van der Waals surface area contributed by atoms with Gasteiger partial charge in [0.1, 0.15) is 13.2 Å². The number of hydrogen-bond donors (Lipinski definition) is 0. The summed E-state index contributed by atoms with van der Waals surface area (Å²) in [4.78, 5) is 37.8. The quantitative estimate of drug-likeness (QED) is 0.0263. The fourth-order valence-corrected chi connectivity index (χ4v) is 6.61. The van der Waals surface area contributed by atoms with Crippen LogP contribution in [0.2, 0.25) is 0 Å². The maximum Gasteiger partial charge on any atom is 0.306 e. The molecule has 0 aromatic carbocycles. The summed E-state index contributed by atoms with van der Waals surface area (Å²) in [6.45, 7) is 6.43. The van der Waals surface area contributed by atoms with Gasteiger partial charge in [-0.25, -0.2) is 0 Å². The van der Waals surface area contributed by atoms with Gasteiger partial charge in [0.05, 0.1) is 0 Å². The maximum absolute atomic E-state index is 12.7. The van der Waals surface area contributed by atoms with E-state index in [1.54, 1.807) is 0 Å². The van der Waals surface area contributed by atoms with Crippen molar-refractivity contribution in [3.05, 3.63) is 85.1 Å². The summed E-state index contributed by atoms with van der Waals surface area (Å²) in [7, 11) is 0. The summed E-state index contributed by atoms with van der Waals surface area (Å²) >= 11 is 0. The lowest BCUT2D eigenvalue weighted by atomic mass is 10.1. The predicted molar refractivity (Wildman–Crippen MR) is 261 cm³/mol. The van der Waals surface area contributed by atoms with Gasteiger partial charge < -0.3 is 14.2 Å². The van der Waals surface area contributed by atoms with E-state index in [1.165, 1.54) is 77.0 Å². The number of unbranched alkanes of at least 4 members (excludes halogenated alkanes) is 19. The zero-order valence-electron chi connectivity index (χ0n) is 39.7. The van der Waals surface area contributed by atoms with Gasteiger partial charge in [-0.3, -0.25) is 14.4 Å². The van der Waals surface area contributed by atoms with Crippen molar-refractivity contribution in [3.8, 4) is 0 Å². The van der Waals surface area contributed by atoms with Gasteiger partial charge in [-0.1, -0.05) is 196 Å². The second-order valence-corrected chi connectivity index (χ2v) is 16.3. The highest BCUT2D eigenvalue weighted by Gasteiger charge is 2.19. The first-order chi connectivity index (χ1) is 30.0. The Kier molecular flexibility index (Phi) is 46.5. The first kappa shape index (κ1) is 57.6. The lowest BCUT2D eigenvalue weighted by molar-refractivity contribution is -0.167. The molecule has 0 radical (unpaired) electrons. The van der Waals surface area contributed by atoms with Crippen molar-refractivity contribution in [1.82, 2.24) is 0 Å². The van der Waals surface area contributed by atoms with E-state index >= 15 is 0 Å². The summed E-state index contributed by atoms with van der Waals surface area (Å²) in [5, 5.41) is 0. The van der Waals surface area contributed by atoms with Gasteiger partial charge in [0, 0.05) is 19.3 Å². The molecule has 0 aliphatic heterocycles. The molecule has 0 N–H and O–H groups in total. The average molecular weight is 849 g/mol. The molecule has 0 rings (SSSR count). The first-order valence-corrected chi connectivity index (χ1v) is 25.1. The minimum atomic E-state index is -0.795. The minimum Gasteiger partial charge on any atom is -0.462 e. The van der Waals surface area contributed by atoms with E-state index in [-0.39, 0.29) is 31.1 Å². The van der Waals surface area contributed by atoms with Crippen molar-refractivity contribution >= 4 is 17.9 Å². The fraction of sp³-hybridized carbons (Fsp3) is 0.691. The molecule has 0 saturated carbocycles. The molecule has 348 valence electrons. The van der Waals surface area contributed by atoms with Gasteiger partial charge >= 0.3 is 17.9 Å². The van der Waals surface area contributed by atoms with Gasteiger partial charge in [0.25, 0.3) is 0 Å². The van der Waals surface area contributed by atoms with Crippen LogP contribution in [0, 0.1) is 0 Å². The van der Waals surface area contributed by atoms with Crippen molar-refractivity contribution in [2.24, 2.45) is 0 Å². The number of carbonyl (C=O) groups excluding carboxylic acids is 3. The third kappa shape index (κ3) is 47.5. The largest absolute Gasteiger partial charge is 0.462 e. The van der Waals surface area contributed by atoms with E-state index in [1.807, 2.05) is 0 Å². The minimum absolute atomic E-state index is 0.0932. The van der Waals surface area contributed by atoms with Crippen molar-refractivity contribution in [3.63, 3.8) is 0 Å². The van der Waals surface area contributed by atoms with E-state index in [9.17, 15) is 14.4 Å². The standard InChI is InChI=1S/C55H92O6/c1-4-7-10-13-16-19-21-23-24-25-26-27-28-29-30-32-33-36-39-42-45-48-54(57)60-51-52(50-59-53(56)47-44-41-38-35-18-15-12-9-6-3)61-55(58)49-46-43-40-37-34-31-22-20-17-14-11-8-5-2/h7,10,16,19-20,22-24,26-27,29-30,33,36,52H,4-6,8-9,11-15,17-18,21,25,28,31-32,34-35,37-51H2,1-3H3/b10-7-,19-16-,22-20-,24-23-,27-26-,30-29-,36-33-. The molecule has 0 aromatic heterocycles. The molecule has 0 amide bonds. The zero-order chi connectivity index (χ0) is 44.4. The topological polar surface area (TPSA) is 78.9 Å². The van der Waals surface area contributed by atoms with Crippen LogP contribution in [0.1, 0.15) is 226 Å². The highest BCUT2D eigenvalue weighted by Crippen LogP contribution is 2.13. The number of hydrogen-bond acceptors (Lipinski definition) is 6. The van der Waals surface area contributed by atoms with E-state index in [0.29, 0.717) is 19.3 Å². The monoisotopic (exact) mass is 849 g/mol. The highest BCUT2D eigenvalue weighted by atomic mass is 16.6. The molecule has 0 aromatic rings. The van der Waals surface area contributed by atoms with E-state index < -0.39 is 6.10 Å². The molecule has 0 fully saturated rings. The second kappa shape index (κ2) is 49.2. The van der Waals surface area contributed by atoms with E-state index in [2.05, 4.69) is 106 Å². The van der Waals surface area contributed by atoms with Crippen molar-refractivity contribution < 1.29 is 28.6 Å². The predicted octanol–water partition coefficient (Wildman–Crippen LogP) is 16.4. The van der Waals surface area contributed by atoms with Crippen LogP contribution in [-0.2, 0) is 28.6 Å². The average Bonchev–Trinajstić information content (AvgIpc) is 3.26. The summed E-state index contributed by atoms with van der Waals surface area (Å²) in [6.07, 6.45) is 62.8. The van der Waals surface area contributed by atoms with Gasteiger partial charge in [0.2, 0.25) is 0 Å². The van der Waals surface area contributed by atoms with Gasteiger partial charge in [-0.15, -0.1) is 0 Å². The number of esters is 3. The number of carbonyl (C=O) groups is 3. The highest BCUT2D eigenvalue weighted by molar-refractivity contribution is 5.71. The van der Waals surface area contributed by atoms with Crippen molar-refractivity contribution in [2.75, 3.05) is 13.2 Å². The SMILES string of the molecule is CC/C=C\C/C=C\C/C=C\C/C=C\C/C=C\C/C=C\CCCCC(=O)OCC(COC(=O)CCCCCCCCCCC)OC(=O)CCCCCCC/C=C\CCCCCC. The molecular formula is C55H92O6. The molecular weight excluding hydrogens is 757 g/mol. The molecule has 6 nitrogen and oxygen atoms in total. The number of ether oxygens (including phenoxy) is 3. The first-order valence-electron chi connectivity index (χ1n) is 25.1. The van der Waals surface area contributed by atoms with Crippen LogP contribution in [-0.4, -0.2) is 37.2 Å². The summed E-state index contributed by atoms with van der Waals surface area (Å²) in [5.41, 5.74) is 0. The van der Waals surface area contributed by atoms with Gasteiger partial charge in [-0.05, 0) is 96.3 Å². The third-order valence-corrected chi connectivity index (χ3v) is 10.4. The smallest absolute Gasteiger partial charge is 0.306 e. The Morgan fingerprint density at radius 1 is 0.344 bits per heavy atom. The van der Waals surface area contributed by atoms with E-state index in [4.69, 9.17) is 14.2 Å². The van der Waals surface area contributed by atoms with Gasteiger partial charge in [0.15, 0.2) is 6.10 Å². The second-order valence-electron chi connectivity index (χ2n) is 16.3. The fourth-order valence-electron chi connectivity index (χ4n) is 6.61. The van der Waals surface area contributed by atoms with Crippen LogP contribution < -0.4 is 0 Å². The molecule has 0 spiro atoms. The van der Waals surface area contributed by atoms with E-state index in [0.717, 1.165) is 109 Å². The molecule has 0 bridgehead atoms.